The van der Waals surface area contributed by atoms with Crippen LogP contribution in [0.25, 0.3) is 0 Å². The van der Waals surface area contributed by atoms with E-state index in [-0.39, 0.29) is 24.2 Å². The number of hydrogen-bond acceptors (Lipinski definition) is 4. The van der Waals surface area contributed by atoms with Crippen molar-refractivity contribution in [3.63, 3.8) is 0 Å². The highest BCUT2D eigenvalue weighted by molar-refractivity contribution is 5.94. The molecule has 3 rings (SSSR count). The molecule has 0 aromatic heterocycles. The van der Waals surface area contributed by atoms with Crippen LogP contribution in [0.15, 0.2) is 48.5 Å². The lowest BCUT2D eigenvalue weighted by Crippen LogP contribution is -2.51. The predicted octanol–water partition coefficient (Wildman–Crippen LogP) is 2.20. The summed E-state index contributed by atoms with van der Waals surface area (Å²) in [4.78, 5) is 28.3. The molecule has 1 saturated heterocycles. The van der Waals surface area contributed by atoms with E-state index in [2.05, 4.69) is 0 Å². The Kier molecular flexibility index (Phi) is 5.90. The third-order valence-electron chi connectivity index (χ3n) is 4.41. The molecule has 1 aliphatic rings. The van der Waals surface area contributed by atoms with Crippen LogP contribution in [0.2, 0.25) is 0 Å². The van der Waals surface area contributed by atoms with Gasteiger partial charge in [-0.25, -0.2) is 4.39 Å². The molecular formula is C20H21FN2O4. The molecule has 0 N–H and O–H groups in total. The van der Waals surface area contributed by atoms with Crippen LogP contribution in [0.3, 0.4) is 0 Å². The number of carbonyl (C=O) groups is 2. The Morgan fingerprint density at radius 1 is 0.963 bits per heavy atom. The van der Waals surface area contributed by atoms with Crippen molar-refractivity contribution in [2.45, 2.75) is 0 Å². The summed E-state index contributed by atoms with van der Waals surface area (Å²) in [5.41, 5.74) is 0.564. The summed E-state index contributed by atoms with van der Waals surface area (Å²) in [6, 6.07) is 12.5. The molecule has 0 spiro atoms. The van der Waals surface area contributed by atoms with Gasteiger partial charge in [0.15, 0.2) is 6.61 Å². The van der Waals surface area contributed by atoms with Crippen molar-refractivity contribution in [3.05, 3.63) is 59.9 Å². The molecule has 0 radical (unpaired) electrons. The van der Waals surface area contributed by atoms with E-state index in [1.807, 2.05) is 0 Å². The number of benzene rings is 2. The van der Waals surface area contributed by atoms with Crippen LogP contribution in [0.4, 0.5) is 4.39 Å². The Morgan fingerprint density at radius 2 is 1.63 bits per heavy atom. The third-order valence-corrected chi connectivity index (χ3v) is 4.41. The number of amides is 2. The zero-order valence-corrected chi connectivity index (χ0v) is 15.1. The van der Waals surface area contributed by atoms with Gasteiger partial charge in [-0.2, -0.15) is 0 Å². The number of rotatable bonds is 5. The van der Waals surface area contributed by atoms with Gasteiger partial charge in [0.25, 0.3) is 11.8 Å². The monoisotopic (exact) mass is 372 g/mol. The van der Waals surface area contributed by atoms with Crippen LogP contribution < -0.4 is 9.47 Å². The Balaban J connectivity index is 1.49. The highest BCUT2D eigenvalue weighted by Crippen LogP contribution is 2.16. The lowest BCUT2D eigenvalue weighted by atomic mass is 10.1. The topological polar surface area (TPSA) is 59.1 Å². The normalized spacial score (nSPS) is 14.0. The summed E-state index contributed by atoms with van der Waals surface area (Å²) in [6.45, 7) is 1.69. The highest BCUT2D eigenvalue weighted by Gasteiger charge is 2.25. The minimum absolute atomic E-state index is 0.0800. The molecule has 142 valence electrons. The van der Waals surface area contributed by atoms with Crippen molar-refractivity contribution in [2.24, 2.45) is 0 Å². The van der Waals surface area contributed by atoms with Crippen LogP contribution in [-0.2, 0) is 4.79 Å². The summed E-state index contributed by atoms with van der Waals surface area (Å²) in [6.07, 6.45) is 0. The fourth-order valence-corrected chi connectivity index (χ4v) is 2.86. The van der Waals surface area contributed by atoms with Crippen LogP contribution in [-0.4, -0.2) is 61.5 Å². The average molecular weight is 372 g/mol. The van der Waals surface area contributed by atoms with Crippen molar-refractivity contribution >= 4 is 11.8 Å². The molecule has 0 atom stereocenters. The first-order chi connectivity index (χ1) is 13.1. The summed E-state index contributed by atoms with van der Waals surface area (Å²) in [5, 5.41) is 0. The largest absolute Gasteiger partial charge is 0.497 e. The molecule has 0 saturated carbocycles. The molecule has 0 unspecified atom stereocenters. The van der Waals surface area contributed by atoms with Gasteiger partial charge in [0.2, 0.25) is 0 Å². The smallest absolute Gasteiger partial charge is 0.260 e. The van der Waals surface area contributed by atoms with E-state index in [1.54, 1.807) is 41.2 Å². The molecule has 7 heteroatoms. The van der Waals surface area contributed by atoms with Gasteiger partial charge < -0.3 is 19.3 Å². The van der Waals surface area contributed by atoms with Gasteiger partial charge in [0.05, 0.1) is 7.11 Å². The van der Waals surface area contributed by atoms with Crippen LogP contribution in [0.1, 0.15) is 10.4 Å². The fourth-order valence-electron chi connectivity index (χ4n) is 2.86. The predicted molar refractivity (Wildman–Crippen MR) is 97.4 cm³/mol. The van der Waals surface area contributed by atoms with E-state index in [1.165, 1.54) is 24.3 Å². The summed E-state index contributed by atoms with van der Waals surface area (Å²) >= 11 is 0. The molecule has 1 aliphatic heterocycles. The number of carbonyl (C=O) groups excluding carboxylic acids is 2. The molecule has 2 aromatic carbocycles. The molecule has 1 heterocycles. The van der Waals surface area contributed by atoms with E-state index >= 15 is 0 Å². The second kappa shape index (κ2) is 8.53. The van der Waals surface area contributed by atoms with E-state index in [4.69, 9.17) is 9.47 Å². The number of nitrogens with zero attached hydrogens (tertiary/aromatic N) is 2. The Bertz CT molecular complexity index is 802. The van der Waals surface area contributed by atoms with Crippen molar-refractivity contribution < 1.29 is 23.5 Å². The number of methoxy groups -OCH3 is 1. The molecular weight excluding hydrogens is 351 g/mol. The standard InChI is InChI=1S/C20H21FN2O4/c1-26-18-4-2-3-15(13-18)20(25)23-11-9-22(10-12-23)19(24)14-27-17-7-5-16(21)6-8-17/h2-8,13H,9-12,14H2,1H3. The first kappa shape index (κ1) is 18.7. The van der Waals surface area contributed by atoms with E-state index in [0.29, 0.717) is 43.2 Å². The Hall–Kier alpha value is -3.09. The van der Waals surface area contributed by atoms with Gasteiger partial charge in [0, 0.05) is 31.7 Å². The highest BCUT2D eigenvalue weighted by atomic mass is 19.1. The van der Waals surface area contributed by atoms with Gasteiger partial charge in [-0.3, -0.25) is 9.59 Å². The lowest BCUT2D eigenvalue weighted by Gasteiger charge is -2.34. The molecule has 1 fully saturated rings. The first-order valence-corrected chi connectivity index (χ1v) is 8.66. The van der Waals surface area contributed by atoms with Crippen molar-refractivity contribution in [2.75, 3.05) is 39.9 Å². The Labute approximate surface area is 157 Å². The second-order valence-corrected chi connectivity index (χ2v) is 6.15. The van der Waals surface area contributed by atoms with E-state index in [0.717, 1.165) is 0 Å². The third kappa shape index (κ3) is 4.75. The lowest BCUT2D eigenvalue weighted by molar-refractivity contribution is -0.134. The SMILES string of the molecule is COc1cccc(C(=O)N2CCN(C(=O)COc3ccc(F)cc3)CC2)c1. The quantitative estimate of drug-likeness (QED) is 0.807. The maximum absolute atomic E-state index is 12.9. The number of ether oxygens (including phenoxy) is 2. The summed E-state index contributed by atoms with van der Waals surface area (Å²) in [7, 11) is 1.56. The summed E-state index contributed by atoms with van der Waals surface area (Å²) in [5.74, 6) is 0.478. The second-order valence-electron chi connectivity index (χ2n) is 6.15. The van der Waals surface area contributed by atoms with Crippen LogP contribution in [0.5, 0.6) is 11.5 Å². The van der Waals surface area contributed by atoms with E-state index < -0.39 is 0 Å². The molecule has 2 amide bonds. The van der Waals surface area contributed by atoms with Gasteiger partial charge in [-0.05, 0) is 42.5 Å². The molecule has 0 aliphatic carbocycles. The number of hydrogen-bond donors (Lipinski definition) is 0. The van der Waals surface area contributed by atoms with Crippen LogP contribution in [0, 0.1) is 5.82 Å². The molecule has 27 heavy (non-hydrogen) atoms. The van der Waals surface area contributed by atoms with Gasteiger partial charge in [-0.1, -0.05) is 6.07 Å². The molecule has 2 aromatic rings. The molecule has 0 bridgehead atoms. The zero-order valence-electron chi connectivity index (χ0n) is 15.1. The first-order valence-electron chi connectivity index (χ1n) is 8.66. The van der Waals surface area contributed by atoms with Crippen LogP contribution >= 0.6 is 0 Å². The van der Waals surface area contributed by atoms with Crippen molar-refractivity contribution in [1.82, 2.24) is 9.80 Å². The van der Waals surface area contributed by atoms with Crippen molar-refractivity contribution in [3.8, 4) is 11.5 Å². The maximum atomic E-state index is 12.9. The van der Waals surface area contributed by atoms with Gasteiger partial charge in [-0.15, -0.1) is 0 Å². The van der Waals surface area contributed by atoms with Gasteiger partial charge >= 0.3 is 0 Å². The van der Waals surface area contributed by atoms with Crippen molar-refractivity contribution in [1.29, 1.82) is 0 Å². The fraction of sp³-hybridized carbons (Fsp3) is 0.300. The number of halogens is 1. The van der Waals surface area contributed by atoms with E-state index in [9.17, 15) is 14.0 Å². The Morgan fingerprint density at radius 3 is 2.30 bits per heavy atom. The maximum Gasteiger partial charge on any atom is 0.260 e. The minimum Gasteiger partial charge on any atom is -0.497 e. The number of piperazine rings is 1. The van der Waals surface area contributed by atoms with Gasteiger partial charge in [0.1, 0.15) is 17.3 Å². The molecule has 6 nitrogen and oxygen atoms in total. The minimum atomic E-state index is -0.356. The average Bonchev–Trinajstić information content (AvgIpc) is 2.72. The zero-order chi connectivity index (χ0) is 19.2. The summed E-state index contributed by atoms with van der Waals surface area (Å²) < 4.78 is 23.4.